The van der Waals surface area contributed by atoms with Crippen LogP contribution in [-0.4, -0.2) is 33.3 Å². The Bertz CT molecular complexity index is 426. The van der Waals surface area contributed by atoms with Crippen LogP contribution in [0.2, 0.25) is 4.44 Å². The summed E-state index contributed by atoms with van der Waals surface area (Å²) >= 11 is -1.13. The Hall–Kier alpha value is -0.841. The summed E-state index contributed by atoms with van der Waals surface area (Å²) in [7, 11) is 0. The van der Waals surface area contributed by atoms with Gasteiger partial charge in [-0.2, -0.15) is 0 Å². The van der Waals surface area contributed by atoms with Gasteiger partial charge in [-0.1, -0.05) is 52.4 Å². The first kappa shape index (κ1) is 23.2. The van der Waals surface area contributed by atoms with E-state index in [1.807, 2.05) is 0 Å². The van der Waals surface area contributed by atoms with Crippen LogP contribution in [0.25, 0.3) is 0 Å². The number of unbranched alkanes of at least 4 members (excludes halogenated alkanes) is 6. The third kappa shape index (κ3) is 12.6. The predicted octanol–water partition coefficient (Wildman–Crippen LogP) is 5.62. The molecule has 0 bridgehead atoms. The first-order valence-corrected chi connectivity index (χ1v) is 12.4. The number of hydrogen-bond acceptors (Lipinski definition) is 3. The van der Waals surface area contributed by atoms with Crippen molar-refractivity contribution >= 4 is 33.3 Å². The molecule has 1 rings (SSSR count). The van der Waals surface area contributed by atoms with E-state index >= 15 is 0 Å². The van der Waals surface area contributed by atoms with Crippen LogP contribution < -0.4 is 0 Å². The fourth-order valence-corrected chi connectivity index (χ4v) is 4.32. The summed E-state index contributed by atoms with van der Waals surface area (Å²) in [6.45, 7) is 6.61. The second-order valence-corrected chi connectivity index (χ2v) is 8.58. The van der Waals surface area contributed by atoms with Crippen molar-refractivity contribution in [2.75, 3.05) is 0 Å². The van der Waals surface area contributed by atoms with Gasteiger partial charge in [0.15, 0.2) is 0 Å². The van der Waals surface area contributed by atoms with Gasteiger partial charge in [-0.15, -0.1) is 0 Å². The van der Waals surface area contributed by atoms with E-state index in [1.165, 1.54) is 38.5 Å². The summed E-state index contributed by atoms with van der Waals surface area (Å²) in [6.07, 6.45) is 10.7. The van der Waals surface area contributed by atoms with E-state index in [9.17, 15) is 9.59 Å². The normalized spacial score (nSPS) is 9.79. The standard InChI is InChI=1S/C8H6O3.C8H18.C4H9.Sn/c9-7(8(10)11)6-4-2-1-3-5-6;1-3-5-7-8-6-4-2;1-3-4-2;/h1-5H,(H,10,11);3-8H2,1-2H3;1,3-4H2,2H3;/q;;;+1/p-1. The molecule has 0 N–H and O–H groups in total. The third-order valence-corrected chi connectivity index (χ3v) is 6.01. The summed E-state index contributed by atoms with van der Waals surface area (Å²) in [5, 5.41) is 0. The van der Waals surface area contributed by atoms with Crippen LogP contribution >= 0.6 is 0 Å². The van der Waals surface area contributed by atoms with Crippen LogP contribution in [0.3, 0.4) is 0 Å². The van der Waals surface area contributed by atoms with E-state index in [-0.39, 0.29) is 0 Å². The molecule has 24 heavy (non-hydrogen) atoms. The van der Waals surface area contributed by atoms with Crippen LogP contribution in [0.4, 0.5) is 0 Å². The Labute approximate surface area is 158 Å². The molecule has 1 aromatic rings. The molecule has 2 radical (unpaired) electrons. The molecule has 0 fully saturated rings. The van der Waals surface area contributed by atoms with Crippen LogP contribution in [-0.2, 0) is 7.87 Å². The summed E-state index contributed by atoms with van der Waals surface area (Å²) in [5.74, 6) is -1.22. The van der Waals surface area contributed by atoms with E-state index in [1.54, 1.807) is 30.3 Å². The van der Waals surface area contributed by atoms with Crippen molar-refractivity contribution in [2.24, 2.45) is 0 Å². The van der Waals surface area contributed by atoms with Gasteiger partial charge in [0.25, 0.3) is 0 Å². The summed E-state index contributed by atoms with van der Waals surface area (Å²) in [6, 6.07) is 8.52. The molecule has 0 saturated carbocycles. The molecule has 3 nitrogen and oxygen atoms in total. The number of carbonyl (C=O) groups is 2. The Morgan fingerprint density at radius 1 is 0.833 bits per heavy atom. The van der Waals surface area contributed by atoms with Crippen molar-refractivity contribution in [1.82, 2.24) is 0 Å². The van der Waals surface area contributed by atoms with Crippen LogP contribution in [0.1, 0.15) is 82.5 Å². The molecule has 0 aliphatic carbocycles. The average Bonchev–Trinajstić information content (AvgIpc) is 2.63. The van der Waals surface area contributed by atoms with E-state index in [4.69, 9.17) is 3.07 Å². The molecule has 0 heterocycles. The monoisotopic (exact) mass is 440 g/mol. The van der Waals surface area contributed by atoms with Crippen molar-refractivity contribution in [3.63, 3.8) is 0 Å². The van der Waals surface area contributed by atoms with Gasteiger partial charge < -0.3 is 0 Å². The maximum absolute atomic E-state index is 11.6. The Kier molecular flexibility index (Phi) is 16.4. The zero-order valence-electron chi connectivity index (χ0n) is 15.5. The molecule has 0 amide bonds. The molecule has 0 spiro atoms. The Morgan fingerprint density at radius 2 is 1.38 bits per heavy atom. The first-order valence-electron chi connectivity index (χ1n) is 9.20. The van der Waals surface area contributed by atoms with Gasteiger partial charge in [0, 0.05) is 0 Å². The molecule has 0 atom stereocenters. The number of ketones is 1. The molecule has 1 aromatic carbocycles. The van der Waals surface area contributed by atoms with Crippen molar-refractivity contribution < 1.29 is 12.7 Å². The molecular formula is C20H32O3Sn. The van der Waals surface area contributed by atoms with E-state index in [2.05, 4.69) is 20.8 Å². The average molecular weight is 439 g/mol. The number of Topliss-reactive ketones (excluding diaryl/α,β-unsaturated/α-hetero) is 1. The Morgan fingerprint density at radius 3 is 1.88 bits per heavy atom. The third-order valence-electron chi connectivity index (χ3n) is 3.48. The van der Waals surface area contributed by atoms with Crippen molar-refractivity contribution in [3.05, 3.63) is 35.9 Å². The fraction of sp³-hybridized carbons (Fsp3) is 0.600. The molecule has 0 saturated heterocycles. The maximum atomic E-state index is 11.6. The minimum atomic E-state index is -1.13. The van der Waals surface area contributed by atoms with Crippen molar-refractivity contribution in [3.8, 4) is 0 Å². The van der Waals surface area contributed by atoms with Gasteiger partial charge in [-0.25, -0.2) is 0 Å². The van der Waals surface area contributed by atoms with Gasteiger partial charge >= 0.3 is 106 Å². The molecule has 0 aliphatic heterocycles. The zero-order valence-corrected chi connectivity index (χ0v) is 18.3. The van der Waals surface area contributed by atoms with Crippen LogP contribution in [0, 0.1) is 0 Å². The second kappa shape index (κ2) is 17.0. The molecular weight excluding hydrogens is 407 g/mol. The van der Waals surface area contributed by atoms with Gasteiger partial charge in [0.05, 0.1) is 0 Å². The molecule has 4 heteroatoms. The van der Waals surface area contributed by atoms with Crippen LogP contribution in [0.5, 0.6) is 0 Å². The van der Waals surface area contributed by atoms with E-state index < -0.39 is 33.3 Å². The van der Waals surface area contributed by atoms with Crippen LogP contribution in [0.15, 0.2) is 30.3 Å². The topological polar surface area (TPSA) is 43.4 Å². The van der Waals surface area contributed by atoms with E-state index in [0.717, 1.165) is 17.3 Å². The SMILES string of the molecule is CCCCCCCC.CCC[CH2][Sn][O]C(=O)C(=O)c1ccccc1. The minimum absolute atomic E-state index is 0.405. The predicted molar refractivity (Wildman–Crippen MR) is 101 cm³/mol. The number of hydrogen-bond donors (Lipinski definition) is 0. The second-order valence-electron chi connectivity index (χ2n) is 5.75. The number of carbonyl (C=O) groups excluding carboxylic acids is 2. The Balaban J connectivity index is 0.000000561. The first-order chi connectivity index (χ1) is 11.7. The molecule has 134 valence electrons. The quantitative estimate of drug-likeness (QED) is 0.195. The molecule has 0 aromatic heterocycles. The molecule has 0 aliphatic rings. The number of benzene rings is 1. The number of rotatable bonds is 11. The van der Waals surface area contributed by atoms with Gasteiger partial charge in [0.1, 0.15) is 0 Å². The van der Waals surface area contributed by atoms with Crippen molar-refractivity contribution in [2.45, 2.75) is 76.6 Å². The van der Waals surface area contributed by atoms with Gasteiger partial charge in [-0.3, -0.25) is 0 Å². The molecule has 0 unspecified atom stereocenters. The summed E-state index contributed by atoms with van der Waals surface area (Å²) in [4.78, 5) is 22.9. The van der Waals surface area contributed by atoms with Gasteiger partial charge in [0.2, 0.25) is 0 Å². The van der Waals surface area contributed by atoms with Crippen molar-refractivity contribution in [1.29, 1.82) is 0 Å². The van der Waals surface area contributed by atoms with Gasteiger partial charge in [-0.05, 0) is 0 Å². The van der Waals surface area contributed by atoms with E-state index in [0.29, 0.717) is 5.56 Å². The summed E-state index contributed by atoms with van der Waals surface area (Å²) < 4.78 is 6.02. The zero-order chi connectivity index (χ0) is 18.0. The summed E-state index contributed by atoms with van der Waals surface area (Å²) in [5.41, 5.74) is 0.405. The fourth-order valence-electron chi connectivity index (χ4n) is 1.97.